The number of piperidine rings is 1. The number of halogens is 1. The first-order valence-electron chi connectivity index (χ1n) is 5.06. The maximum Gasteiger partial charge on any atom is 0.0678 e. The minimum atomic E-state index is 0.379. The standard InChI is InChI=1S/C10H18IN/c1-10(2,11)12-8-4-3-5-9(12)7-6-8/h8-9H,3-7H2,1-2H3. The number of hydrogen-bond acceptors (Lipinski definition) is 1. The van der Waals surface area contributed by atoms with Crippen molar-refractivity contribution in [3.8, 4) is 0 Å². The smallest absolute Gasteiger partial charge is 0.0678 e. The Balaban J connectivity index is 2.15. The van der Waals surface area contributed by atoms with E-state index in [1.165, 1.54) is 32.1 Å². The highest BCUT2D eigenvalue weighted by Gasteiger charge is 2.42. The molecule has 0 aliphatic carbocycles. The zero-order valence-corrected chi connectivity index (χ0v) is 10.2. The summed E-state index contributed by atoms with van der Waals surface area (Å²) in [6.07, 6.45) is 7.28. The lowest BCUT2D eigenvalue weighted by Gasteiger charge is -2.43. The van der Waals surface area contributed by atoms with Gasteiger partial charge in [-0.3, -0.25) is 4.90 Å². The minimum Gasteiger partial charge on any atom is -0.284 e. The summed E-state index contributed by atoms with van der Waals surface area (Å²) < 4.78 is 0.379. The highest BCUT2D eigenvalue weighted by Crippen LogP contribution is 2.42. The third-order valence-corrected chi connectivity index (χ3v) is 3.87. The van der Waals surface area contributed by atoms with Crippen LogP contribution in [0.1, 0.15) is 46.0 Å². The van der Waals surface area contributed by atoms with Crippen molar-refractivity contribution in [2.75, 3.05) is 0 Å². The first kappa shape index (κ1) is 9.25. The molecule has 12 heavy (non-hydrogen) atoms. The Kier molecular flexibility index (Phi) is 2.41. The van der Waals surface area contributed by atoms with Gasteiger partial charge in [-0.15, -0.1) is 0 Å². The number of alkyl halides is 1. The van der Waals surface area contributed by atoms with E-state index in [-0.39, 0.29) is 0 Å². The molecular formula is C10H18IN. The van der Waals surface area contributed by atoms with Crippen LogP contribution in [0.5, 0.6) is 0 Å². The van der Waals surface area contributed by atoms with Gasteiger partial charge in [-0.2, -0.15) is 0 Å². The van der Waals surface area contributed by atoms with Crippen LogP contribution in [0.2, 0.25) is 0 Å². The molecule has 2 saturated heterocycles. The normalized spacial score (nSPS) is 37.2. The summed E-state index contributed by atoms with van der Waals surface area (Å²) in [4.78, 5) is 2.76. The Morgan fingerprint density at radius 1 is 1.08 bits per heavy atom. The molecule has 2 atom stereocenters. The van der Waals surface area contributed by atoms with E-state index in [0.29, 0.717) is 3.55 Å². The minimum absolute atomic E-state index is 0.379. The number of rotatable bonds is 1. The van der Waals surface area contributed by atoms with Gasteiger partial charge >= 0.3 is 0 Å². The molecule has 2 rings (SSSR count). The van der Waals surface area contributed by atoms with Gasteiger partial charge in [0.25, 0.3) is 0 Å². The van der Waals surface area contributed by atoms with Gasteiger partial charge in [0, 0.05) is 12.1 Å². The van der Waals surface area contributed by atoms with Crippen molar-refractivity contribution >= 4 is 22.6 Å². The second-order valence-corrected chi connectivity index (χ2v) is 7.27. The Morgan fingerprint density at radius 3 is 1.92 bits per heavy atom. The van der Waals surface area contributed by atoms with Crippen molar-refractivity contribution in [2.24, 2.45) is 0 Å². The molecule has 0 saturated carbocycles. The second-order valence-electron chi connectivity index (χ2n) is 4.63. The molecule has 2 unspecified atom stereocenters. The molecule has 0 aromatic rings. The summed E-state index contributed by atoms with van der Waals surface area (Å²) in [6.45, 7) is 4.70. The summed E-state index contributed by atoms with van der Waals surface area (Å²) in [5, 5.41) is 0. The van der Waals surface area contributed by atoms with E-state index < -0.39 is 0 Å². The van der Waals surface area contributed by atoms with Gasteiger partial charge in [0.1, 0.15) is 0 Å². The average Bonchev–Trinajstić information content (AvgIpc) is 2.23. The Hall–Kier alpha value is 0.690. The fraction of sp³-hybridized carbons (Fsp3) is 1.00. The van der Waals surface area contributed by atoms with Crippen molar-refractivity contribution in [3.05, 3.63) is 0 Å². The van der Waals surface area contributed by atoms with E-state index in [1.807, 2.05) is 0 Å². The summed E-state index contributed by atoms with van der Waals surface area (Å²) in [5.74, 6) is 0. The SMILES string of the molecule is CC(C)(I)N1C2CCCC1CC2. The molecule has 1 nitrogen and oxygen atoms in total. The molecule has 0 spiro atoms. The topological polar surface area (TPSA) is 3.24 Å². The zero-order chi connectivity index (χ0) is 8.77. The van der Waals surface area contributed by atoms with Crippen LogP contribution in [-0.2, 0) is 0 Å². The van der Waals surface area contributed by atoms with Crippen molar-refractivity contribution < 1.29 is 0 Å². The Labute approximate surface area is 89.0 Å². The van der Waals surface area contributed by atoms with Gasteiger partial charge in [-0.25, -0.2) is 0 Å². The lowest BCUT2D eigenvalue weighted by Crippen LogP contribution is -2.49. The summed E-state index contributed by atoms with van der Waals surface area (Å²) in [7, 11) is 0. The lowest BCUT2D eigenvalue weighted by molar-refractivity contribution is 0.0951. The molecule has 0 N–H and O–H groups in total. The Bertz CT molecular complexity index is 157. The molecular weight excluding hydrogens is 261 g/mol. The van der Waals surface area contributed by atoms with E-state index in [1.54, 1.807) is 0 Å². The first-order valence-corrected chi connectivity index (χ1v) is 6.14. The molecule has 2 fully saturated rings. The maximum atomic E-state index is 2.76. The third-order valence-electron chi connectivity index (χ3n) is 3.31. The van der Waals surface area contributed by atoms with Gasteiger partial charge in [0.2, 0.25) is 0 Å². The molecule has 2 bridgehead atoms. The van der Waals surface area contributed by atoms with Crippen molar-refractivity contribution in [1.29, 1.82) is 0 Å². The van der Waals surface area contributed by atoms with Gasteiger partial charge in [0.15, 0.2) is 0 Å². The Morgan fingerprint density at radius 2 is 1.58 bits per heavy atom. The van der Waals surface area contributed by atoms with E-state index in [4.69, 9.17) is 0 Å². The summed E-state index contributed by atoms with van der Waals surface area (Å²) >= 11 is 2.59. The van der Waals surface area contributed by atoms with Crippen LogP contribution in [0.4, 0.5) is 0 Å². The second kappa shape index (κ2) is 3.12. The van der Waals surface area contributed by atoms with Crippen LogP contribution in [-0.4, -0.2) is 20.5 Å². The molecule has 0 aromatic heterocycles. The molecule has 2 aliphatic rings. The lowest BCUT2D eigenvalue weighted by atomic mass is 10.0. The van der Waals surface area contributed by atoms with Gasteiger partial charge in [-0.05, 0) is 39.5 Å². The van der Waals surface area contributed by atoms with E-state index in [0.717, 1.165) is 12.1 Å². The average molecular weight is 279 g/mol. The zero-order valence-electron chi connectivity index (χ0n) is 8.02. The largest absolute Gasteiger partial charge is 0.284 e. The predicted molar refractivity (Wildman–Crippen MR) is 60.6 cm³/mol. The highest BCUT2D eigenvalue weighted by atomic mass is 127. The molecule has 0 radical (unpaired) electrons. The van der Waals surface area contributed by atoms with Crippen LogP contribution in [0.15, 0.2) is 0 Å². The molecule has 2 heterocycles. The van der Waals surface area contributed by atoms with Crippen LogP contribution >= 0.6 is 22.6 Å². The maximum absolute atomic E-state index is 2.76. The van der Waals surface area contributed by atoms with Crippen molar-refractivity contribution in [1.82, 2.24) is 4.90 Å². The van der Waals surface area contributed by atoms with Gasteiger partial charge in [0.05, 0.1) is 3.55 Å². The number of hydrogen-bond donors (Lipinski definition) is 0. The molecule has 0 aromatic carbocycles. The predicted octanol–water partition coefficient (Wildman–Crippen LogP) is 3.17. The quantitative estimate of drug-likeness (QED) is 0.405. The molecule has 0 amide bonds. The van der Waals surface area contributed by atoms with Crippen LogP contribution < -0.4 is 0 Å². The summed E-state index contributed by atoms with van der Waals surface area (Å²) in [6, 6.07) is 1.83. The monoisotopic (exact) mass is 279 g/mol. The van der Waals surface area contributed by atoms with E-state index >= 15 is 0 Å². The van der Waals surface area contributed by atoms with Crippen molar-refractivity contribution in [3.63, 3.8) is 0 Å². The van der Waals surface area contributed by atoms with Crippen LogP contribution in [0, 0.1) is 0 Å². The number of nitrogens with zero attached hydrogens (tertiary/aromatic N) is 1. The van der Waals surface area contributed by atoms with Gasteiger partial charge < -0.3 is 0 Å². The fourth-order valence-electron chi connectivity index (χ4n) is 2.99. The van der Waals surface area contributed by atoms with Crippen LogP contribution in [0.3, 0.4) is 0 Å². The number of fused-ring (bicyclic) bond motifs is 2. The van der Waals surface area contributed by atoms with E-state index in [9.17, 15) is 0 Å². The fourth-order valence-corrected chi connectivity index (χ4v) is 3.77. The molecule has 2 aliphatic heterocycles. The highest BCUT2D eigenvalue weighted by molar-refractivity contribution is 14.1. The van der Waals surface area contributed by atoms with Crippen molar-refractivity contribution in [2.45, 2.75) is 61.6 Å². The third kappa shape index (κ3) is 1.52. The summed E-state index contributed by atoms with van der Waals surface area (Å²) in [5.41, 5.74) is 0. The first-order chi connectivity index (χ1) is 5.59. The van der Waals surface area contributed by atoms with E-state index in [2.05, 4.69) is 41.3 Å². The molecule has 2 heteroatoms. The van der Waals surface area contributed by atoms with Gasteiger partial charge in [-0.1, -0.05) is 29.0 Å². The van der Waals surface area contributed by atoms with Crippen LogP contribution in [0.25, 0.3) is 0 Å². The molecule has 70 valence electrons.